The van der Waals surface area contributed by atoms with E-state index in [-0.39, 0.29) is 42.4 Å². The summed E-state index contributed by atoms with van der Waals surface area (Å²) in [6.45, 7) is 5.71. The van der Waals surface area contributed by atoms with Crippen molar-refractivity contribution in [3.05, 3.63) is 0 Å². The summed E-state index contributed by atoms with van der Waals surface area (Å²) in [5.74, 6) is -0.185. The Hall–Kier alpha value is -1.76. The Labute approximate surface area is 157 Å². The Kier molecular flexibility index (Phi) is 13.4. The molecule has 0 radical (unpaired) electrons. The average Bonchev–Trinajstić information content (AvgIpc) is 2.59. The van der Waals surface area contributed by atoms with Gasteiger partial charge in [0.05, 0.1) is 12.6 Å². The monoisotopic (exact) mass is 369 g/mol. The van der Waals surface area contributed by atoms with Crippen molar-refractivity contribution in [1.82, 2.24) is 16.0 Å². The smallest absolute Gasteiger partial charge is 0.221 e. The van der Waals surface area contributed by atoms with Gasteiger partial charge in [0.2, 0.25) is 11.8 Å². The summed E-state index contributed by atoms with van der Waals surface area (Å²) >= 11 is 0. The molecule has 0 fully saturated rings. The predicted molar refractivity (Wildman–Crippen MR) is 102 cm³/mol. The molecule has 0 aromatic carbocycles. The minimum atomic E-state index is -0.608. The third-order valence-electron chi connectivity index (χ3n) is 4.01. The van der Waals surface area contributed by atoms with Gasteiger partial charge in [0, 0.05) is 38.8 Å². The van der Waals surface area contributed by atoms with E-state index in [0.29, 0.717) is 19.3 Å². The van der Waals surface area contributed by atoms with Gasteiger partial charge in [0.25, 0.3) is 0 Å². The molecule has 0 unspecified atom stereocenters. The Bertz CT molecular complexity index is 464. The second kappa shape index (κ2) is 14.4. The van der Waals surface area contributed by atoms with Crippen LogP contribution in [0, 0.1) is 0 Å². The van der Waals surface area contributed by atoms with Crippen molar-refractivity contribution in [3.8, 4) is 0 Å². The molecule has 0 aromatic rings. The molecular weight excluding hydrogens is 334 g/mol. The molecule has 1 atom stereocenters. The number of carbonyl (C=O) groups is 4. The number of carbonyl (C=O) groups excluding carboxylic acids is 4. The van der Waals surface area contributed by atoms with Crippen LogP contribution in [0.4, 0.5) is 0 Å². The zero-order chi connectivity index (χ0) is 19.9. The van der Waals surface area contributed by atoms with Gasteiger partial charge < -0.3 is 16.0 Å². The molecule has 0 heterocycles. The fraction of sp³-hybridized carbons (Fsp3) is 0.789. The van der Waals surface area contributed by atoms with Gasteiger partial charge in [0.15, 0.2) is 0 Å². The third-order valence-corrected chi connectivity index (χ3v) is 4.01. The van der Waals surface area contributed by atoms with Crippen molar-refractivity contribution < 1.29 is 19.2 Å². The Morgan fingerprint density at radius 1 is 0.885 bits per heavy atom. The van der Waals surface area contributed by atoms with E-state index >= 15 is 0 Å². The molecule has 3 N–H and O–H groups in total. The maximum absolute atomic E-state index is 11.9. The molecule has 0 aliphatic rings. The van der Waals surface area contributed by atoms with E-state index < -0.39 is 6.04 Å². The SMILES string of the molecule is CCC(=O)[C@H](CC(=O)NC)NCC(=O)CCCCCCC(=O)NC(C)C. The summed E-state index contributed by atoms with van der Waals surface area (Å²) in [5, 5.41) is 8.25. The van der Waals surface area contributed by atoms with Crippen LogP contribution in [0.15, 0.2) is 0 Å². The molecule has 150 valence electrons. The van der Waals surface area contributed by atoms with E-state index in [1.165, 1.54) is 7.05 Å². The first kappa shape index (κ1) is 24.2. The highest BCUT2D eigenvalue weighted by molar-refractivity contribution is 5.90. The van der Waals surface area contributed by atoms with Gasteiger partial charge >= 0.3 is 0 Å². The zero-order valence-corrected chi connectivity index (χ0v) is 16.7. The average molecular weight is 370 g/mol. The molecule has 0 aromatic heterocycles. The van der Waals surface area contributed by atoms with Gasteiger partial charge in [-0.3, -0.25) is 19.2 Å². The summed E-state index contributed by atoms with van der Waals surface area (Å²) in [6.07, 6.45) is 4.75. The van der Waals surface area contributed by atoms with Crippen LogP contribution in [0.2, 0.25) is 0 Å². The normalized spacial score (nSPS) is 11.9. The van der Waals surface area contributed by atoms with Crippen LogP contribution in [-0.2, 0) is 19.2 Å². The number of rotatable bonds is 15. The van der Waals surface area contributed by atoms with E-state index in [1.807, 2.05) is 13.8 Å². The molecule has 26 heavy (non-hydrogen) atoms. The summed E-state index contributed by atoms with van der Waals surface area (Å²) < 4.78 is 0. The number of unbranched alkanes of at least 4 members (excludes halogenated alkanes) is 3. The molecular formula is C19H35N3O4. The van der Waals surface area contributed by atoms with Gasteiger partial charge in [-0.25, -0.2) is 0 Å². The second-order valence-corrected chi connectivity index (χ2v) is 6.81. The Balaban J connectivity index is 3.91. The molecule has 0 aliphatic heterocycles. The van der Waals surface area contributed by atoms with E-state index in [2.05, 4.69) is 16.0 Å². The molecule has 7 nitrogen and oxygen atoms in total. The molecule has 2 amide bonds. The largest absolute Gasteiger partial charge is 0.359 e. The predicted octanol–water partition coefficient (Wildman–Crippen LogP) is 1.49. The summed E-state index contributed by atoms with van der Waals surface area (Å²) in [7, 11) is 1.52. The van der Waals surface area contributed by atoms with Crippen molar-refractivity contribution in [2.75, 3.05) is 13.6 Å². The van der Waals surface area contributed by atoms with Crippen molar-refractivity contribution in [2.24, 2.45) is 0 Å². The number of Topliss-reactive ketones (excluding diaryl/α,β-unsaturated/α-hetero) is 2. The number of hydrogen-bond acceptors (Lipinski definition) is 5. The molecule has 0 bridgehead atoms. The number of nitrogens with one attached hydrogen (secondary N) is 3. The minimum absolute atomic E-state index is 0.0355. The lowest BCUT2D eigenvalue weighted by atomic mass is 10.1. The molecule has 0 saturated heterocycles. The van der Waals surface area contributed by atoms with Crippen molar-refractivity contribution in [3.63, 3.8) is 0 Å². The van der Waals surface area contributed by atoms with Gasteiger partial charge in [-0.05, 0) is 26.7 Å². The van der Waals surface area contributed by atoms with Crippen molar-refractivity contribution in [2.45, 2.75) is 84.2 Å². The number of hydrogen-bond donors (Lipinski definition) is 3. The molecule has 0 rings (SSSR count). The topological polar surface area (TPSA) is 104 Å². The lowest BCUT2D eigenvalue weighted by Crippen LogP contribution is -2.42. The first-order valence-corrected chi connectivity index (χ1v) is 9.57. The van der Waals surface area contributed by atoms with E-state index in [1.54, 1.807) is 6.92 Å². The standard InChI is InChI=1S/C19H35N3O4/c1-5-17(24)16(12-19(26)20-4)21-13-15(23)10-8-6-7-9-11-18(25)22-14(2)3/h14,16,21H,5-13H2,1-4H3,(H,20,26)(H,22,25)/t16-/m0/s1. The van der Waals surface area contributed by atoms with Gasteiger partial charge in [0.1, 0.15) is 11.6 Å². The summed E-state index contributed by atoms with van der Waals surface area (Å²) in [5.41, 5.74) is 0. The number of amides is 2. The van der Waals surface area contributed by atoms with Crippen LogP contribution in [0.3, 0.4) is 0 Å². The molecule has 0 saturated carbocycles. The van der Waals surface area contributed by atoms with E-state index in [4.69, 9.17) is 0 Å². The van der Waals surface area contributed by atoms with E-state index in [9.17, 15) is 19.2 Å². The Morgan fingerprint density at radius 3 is 2.04 bits per heavy atom. The van der Waals surface area contributed by atoms with Crippen LogP contribution in [0.5, 0.6) is 0 Å². The van der Waals surface area contributed by atoms with Crippen LogP contribution >= 0.6 is 0 Å². The summed E-state index contributed by atoms with van der Waals surface area (Å²) in [4.78, 5) is 46.7. The van der Waals surface area contributed by atoms with Crippen LogP contribution in [0.25, 0.3) is 0 Å². The van der Waals surface area contributed by atoms with Gasteiger partial charge in [-0.1, -0.05) is 19.8 Å². The minimum Gasteiger partial charge on any atom is -0.359 e. The van der Waals surface area contributed by atoms with Gasteiger partial charge in [-0.15, -0.1) is 0 Å². The van der Waals surface area contributed by atoms with Crippen molar-refractivity contribution >= 4 is 23.4 Å². The summed E-state index contributed by atoms with van der Waals surface area (Å²) in [6, 6.07) is -0.442. The van der Waals surface area contributed by atoms with Crippen LogP contribution < -0.4 is 16.0 Å². The zero-order valence-electron chi connectivity index (χ0n) is 16.7. The second-order valence-electron chi connectivity index (χ2n) is 6.81. The van der Waals surface area contributed by atoms with Crippen LogP contribution in [0.1, 0.15) is 72.1 Å². The highest BCUT2D eigenvalue weighted by Crippen LogP contribution is 2.06. The van der Waals surface area contributed by atoms with Gasteiger partial charge in [-0.2, -0.15) is 0 Å². The molecule has 0 aliphatic carbocycles. The molecule has 7 heteroatoms. The lowest BCUT2D eigenvalue weighted by molar-refractivity contribution is -0.127. The van der Waals surface area contributed by atoms with Crippen molar-refractivity contribution in [1.29, 1.82) is 0 Å². The highest BCUT2D eigenvalue weighted by atomic mass is 16.2. The third kappa shape index (κ3) is 12.6. The fourth-order valence-electron chi connectivity index (χ4n) is 2.51. The first-order valence-electron chi connectivity index (χ1n) is 9.57. The first-order chi connectivity index (χ1) is 12.3. The maximum atomic E-state index is 11.9. The quantitative estimate of drug-likeness (QED) is 0.379. The highest BCUT2D eigenvalue weighted by Gasteiger charge is 2.20. The van der Waals surface area contributed by atoms with E-state index in [0.717, 1.165) is 25.7 Å². The Morgan fingerprint density at radius 2 is 1.50 bits per heavy atom. The van der Waals surface area contributed by atoms with Crippen LogP contribution in [-0.4, -0.2) is 49.1 Å². The lowest BCUT2D eigenvalue weighted by Gasteiger charge is -2.15. The maximum Gasteiger partial charge on any atom is 0.221 e. The fourth-order valence-corrected chi connectivity index (χ4v) is 2.51. The number of ketones is 2. The molecule has 0 spiro atoms.